The largest absolute Gasteiger partial charge is 0.508 e. The number of phenols is 1. The number of nitrogens with one attached hydrogen (secondary N) is 1. The maximum Gasteiger partial charge on any atom is 0.262 e. The van der Waals surface area contributed by atoms with Gasteiger partial charge in [0.25, 0.3) is 11.8 Å². The third kappa shape index (κ3) is 7.42. The number of carbonyl (C=O) groups is 5. The summed E-state index contributed by atoms with van der Waals surface area (Å²) in [6.07, 6.45) is 4.02. The SMILES string of the molecule is O=C1CCC(N2C(=O)c3cc4c(cc3C2=O)CN(C(=O)CN2CCC3(CC2)CCN(c2ccc(/C(=C(/CCCl)c5ccccc5)c5ccc(O)cc5)cc2)C3)C4)C(=O)N1. The van der Waals surface area contributed by atoms with Gasteiger partial charge in [0.1, 0.15) is 11.8 Å². The second kappa shape index (κ2) is 15.8. The van der Waals surface area contributed by atoms with E-state index in [-0.39, 0.29) is 41.0 Å². The van der Waals surface area contributed by atoms with E-state index in [4.69, 9.17) is 11.6 Å². The Morgan fingerprint density at radius 3 is 2.00 bits per heavy atom. The molecule has 2 N–H and O–H groups in total. The number of rotatable bonds is 9. The standard InChI is InChI=1S/C47H46ClN5O6/c48-20-16-37(30-4-2-1-3-5-30)43(32-8-12-36(54)13-9-32)31-6-10-35(11-7-31)51-23-19-47(29-51)17-21-50(22-18-47)28-42(56)52-26-33-24-38-39(25-34(33)27-52)46(59)53(45(38)58)40-14-15-41(55)49-44(40)57/h1-13,24-25,40,54H,14-23,26-29H2,(H,49,55,57)/b43-37+. The van der Waals surface area contributed by atoms with Crippen molar-refractivity contribution in [1.29, 1.82) is 0 Å². The van der Waals surface area contributed by atoms with Crippen LogP contribution in [-0.2, 0) is 27.5 Å². The molecule has 11 nitrogen and oxygen atoms in total. The van der Waals surface area contributed by atoms with E-state index in [0.29, 0.717) is 31.9 Å². The van der Waals surface area contributed by atoms with Crippen molar-refractivity contribution < 1.29 is 29.1 Å². The molecule has 0 bridgehead atoms. The molecular formula is C47H46ClN5O6. The first kappa shape index (κ1) is 38.7. The van der Waals surface area contributed by atoms with E-state index in [9.17, 15) is 29.1 Å². The molecule has 5 amide bonds. The van der Waals surface area contributed by atoms with E-state index in [1.165, 1.54) is 5.69 Å². The molecule has 5 aliphatic rings. The number of carbonyl (C=O) groups excluding carboxylic acids is 5. The molecular weight excluding hydrogens is 766 g/mol. The number of aromatic hydroxyl groups is 1. The quantitative estimate of drug-likeness (QED) is 0.116. The van der Waals surface area contributed by atoms with Crippen LogP contribution in [0.4, 0.5) is 5.69 Å². The molecule has 3 fully saturated rings. The molecule has 302 valence electrons. The van der Waals surface area contributed by atoms with Crippen molar-refractivity contribution in [2.45, 2.75) is 57.7 Å². The fraction of sp³-hybridized carbons (Fsp3) is 0.340. The summed E-state index contributed by atoms with van der Waals surface area (Å²) in [6.45, 7) is 4.68. The Balaban J connectivity index is 0.817. The number of anilines is 1. The number of hydrogen-bond acceptors (Lipinski definition) is 8. The first-order chi connectivity index (χ1) is 28.6. The summed E-state index contributed by atoms with van der Waals surface area (Å²) < 4.78 is 0. The Kier molecular flexibility index (Phi) is 10.3. The van der Waals surface area contributed by atoms with E-state index in [1.54, 1.807) is 29.2 Å². The van der Waals surface area contributed by atoms with Crippen molar-refractivity contribution in [1.82, 2.24) is 20.0 Å². The predicted molar refractivity (Wildman–Crippen MR) is 225 cm³/mol. The molecule has 0 radical (unpaired) electrons. The highest BCUT2D eigenvalue weighted by molar-refractivity contribution is 6.23. The number of halogens is 1. The molecule has 1 unspecified atom stereocenters. The fourth-order valence-electron chi connectivity index (χ4n) is 9.71. The topological polar surface area (TPSA) is 131 Å². The van der Waals surface area contributed by atoms with Crippen LogP contribution in [0.3, 0.4) is 0 Å². The van der Waals surface area contributed by atoms with Crippen molar-refractivity contribution in [3.05, 3.63) is 130 Å². The Morgan fingerprint density at radius 2 is 1.39 bits per heavy atom. The Bertz CT molecular complexity index is 2330. The number of phenolic OH excluding ortho intramolecular Hbond substituents is 1. The molecule has 1 spiro atoms. The van der Waals surface area contributed by atoms with Crippen LogP contribution < -0.4 is 10.2 Å². The zero-order valence-corrected chi connectivity index (χ0v) is 33.5. The van der Waals surface area contributed by atoms with E-state index >= 15 is 0 Å². The van der Waals surface area contributed by atoms with Gasteiger partial charge < -0.3 is 14.9 Å². The Morgan fingerprint density at radius 1 is 0.780 bits per heavy atom. The maximum absolute atomic E-state index is 13.6. The molecule has 5 heterocycles. The van der Waals surface area contributed by atoms with Crippen molar-refractivity contribution in [3.8, 4) is 5.75 Å². The Labute approximate surface area is 348 Å². The van der Waals surface area contributed by atoms with Gasteiger partial charge in [-0.05, 0) is 126 Å². The van der Waals surface area contributed by atoms with Crippen molar-refractivity contribution in [3.63, 3.8) is 0 Å². The molecule has 9 rings (SSSR count). The van der Waals surface area contributed by atoms with Crippen molar-refractivity contribution in [2.24, 2.45) is 5.41 Å². The van der Waals surface area contributed by atoms with Crippen LogP contribution >= 0.6 is 11.6 Å². The normalized spacial score (nSPS) is 20.6. The molecule has 0 aliphatic carbocycles. The minimum absolute atomic E-state index is 0.0236. The first-order valence-corrected chi connectivity index (χ1v) is 21.0. The van der Waals surface area contributed by atoms with Crippen LogP contribution in [0.15, 0.2) is 91.0 Å². The van der Waals surface area contributed by atoms with Crippen LogP contribution in [0, 0.1) is 5.41 Å². The number of fused-ring (bicyclic) bond motifs is 2. The number of allylic oxidation sites excluding steroid dienone is 1. The van der Waals surface area contributed by atoms with Crippen LogP contribution in [0.2, 0.25) is 0 Å². The predicted octanol–water partition coefficient (Wildman–Crippen LogP) is 6.22. The van der Waals surface area contributed by atoms with Gasteiger partial charge in [0.2, 0.25) is 17.7 Å². The van der Waals surface area contributed by atoms with Crippen molar-refractivity contribution >= 4 is 58.0 Å². The number of likely N-dealkylation sites (tertiary alicyclic amines) is 1. The number of hydrogen-bond donors (Lipinski definition) is 2. The van der Waals surface area contributed by atoms with Gasteiger partial charge in [-0.2, -0.15) is 0 Å². The van der Waals surface area contributed by atoms with Crippen LogP contribution in [-0.4, -0.2) is 94.0 Å². The van der Waals surface area contributed by atoms with Gasteiger partial charge in [0, 0.05) is 44.2 Å². The minimum Gasteiger partial charge on any atom is -0.508 e. The molecule has 1 atom stereocenters. The summed E-state index contributed by atoms with van der Waals surface area (Å²) in [7, 11) is 0. The maximum atomic E-state index is 13.6. The average Bonchev–Trinajstić information content (AvgIpc) is 3.93. The second-order valence-electron chi connectivity index (χ2n) is 16.6. The smallest absolute Gasteiger partial charge is 0.262 e. The van der Waals surface area contributed by atoms with E-state index < -0.39 is 29.7 Å². The monoisotopic (exact) mass is 811 g/mol. The van der Waals surface area contributed by atoms with Crippen molar-refractivity contribution in [2.75, 3.05) is 43.5 Å². The summed E-state index contributed by atoms with van der Waals surface area (Å²) in [4.78, 5) is 71.9. The van der Waals surface area contributed by atoms with E-state index in [0.717, 1.165) is 89.3 Å². The number of imide groups is 2. The highest BCUT2D eigenvalue weighted by Gasteiger charge is 2.46. The zero-order valence-electron chi connectivity index (χ0n) is 32.8. The van der Waals surface area contributed by atoms with Gasteiger partial charge >= 0.3 is 0 Å². The highest BCUT2D eigenvalue weighted by Crippen LogP contribution is 2.43. The molecule has 5 aliphatic heterocycles. The lowest BCUT2D eigenvalue weighted by molar-refractivity contribution is -0.136. The molecule has 12 heteroatoms. The van der Waals surface area contributed by atoms with E-state index in [1.807, 2.05) is 30.3 Å². The lowest BCUT2D eigenvalue weighted by Gasteiger charge is -2.39. The summed E-state index contributed by atoms with van der Waals surface area (Å²) in [5.74, 6) is -1.38. The van der Waals surface area contributed by atoms with Gasteiger partial charge in [-0.25, -0.2) is 0 Å². The fourth-order valence-corrected chi connectivity index (χ4v) is 9.90. The van der Waals surface area contributed by atoms with Crippen LogP contribution in [0.1, 0.15) is 87.1 Å². The minimum atomic E-state index is -1.01. The molecule has 4 aromatic carbocycles. The zero-order chi connectivity index (χ0) is 40.8. The van der Waals surface area contributed by atoms with Gasteiger partial charge in [0.05, 0.1) is 17.7 Å². The summed E-state index contributed by atoms with van der Waals surface area (Å²) in [5, 5.41) is 12.3. The summed E-state index contributed by atoms with van der Waals surface area (Å²) in [6, 6.07) is 28.9. The number of amides is 5. The number of benzene rings is 4. The van der Waals surface area contributed by atoms with Gasteiger partial charge in [-0.15, -0.1) is 11.6 Å². The number of alkyl halides is 1. The summed E-state index contributed by atoms with van der Waals surface area (Å²) >= 11 is 6.37. The molecule has 3 saturated heterocycles. The van der Waals surface area contributed by atoms with Crippen LogP contribution in [0.25, 0.3) is 11.1 Å². The van der Waals surface area contributed by atoms with E-state index in [2.05, 4.69) is 51.5 Å². The average molecular weight is 812 g/mol. The summed E-state index contributed by atoms with van der Waals surface area (Å²) in [5.41, 5.74) is 9.05. The lowest BCUT2D eigenvalue weighted by atomic mass is 9.78. The molecule has 0 saturated carbocycles. The molecule has 59 heavy (non-hydrogen) atoms. The first-order valence-electron chi connectivity index (χ1n) is 20.5. The highest BCUT2D eigenvalue weighted by atomic mass is 35.5. The van der Waals surface area contributed by atoms with Gasteiger partial charge in [0.15, 0.2) is 0 Å². The second-order valence-corrected chi connectivity index (χ2v) is 16.9. The number of piperidine rings is 2. The third-order valence-electron chi connectivity index (χ3n) is 13.0. The lowest BCUT2D eigenvalue weighted by Crippen LogP contribution is -2.54. The molecule has 4 aromatic rings. The number of nitrogens with zero attached hydrogens (tertiary/aromatic N) is 4. The van der Waals surface area contributed by atoms with Crippen LogP contribution in [0.5, 0.6) is 5.75 Å². The Hall–Kier alpha value is -5.78. The molecule has 0 aromatic heterocycles. The van der Waals surface area contributed by atoms with Gasteiger partial charge in [-0.3, -0.25) is 39.1 Å². The third-order valence-corrected chi connectivity index (χ3v) is 13.2. The van der Waals surface area contributed by atoms with Gasteiger partial charge in [-0.1, -0.05) is 54.6 Å².